The molecular weight excluding hydrogens is 266 g/mol. The van der Waals surface area contributed by atoms with Crippen molar-refractivity contribution < 1.29 is 0 Å². The minimum absolute atomic E-state index is 0.372. The molecule has 1 atom stereocenters. The minimum Gasteiger partial charge on any atom is -0.309 e. The van der Waals surface area contributed by atoms with Gasteiger partial charge in [-0.05, 0) is 44.0 Å². The molecule has 0 radical (unpaired) electrons. The number of hydrogen-bond donors (Lipinski definition) is 1. The highest BCUT2D eigenvalue weighted by atomic mass is 35.5. The van der Waals surface area contributed by atoms with Crippen molar-refractivity contribution in [3.8, 4) is 0 Å². The quantitative estimate of drug-likeness (QED) is 0.823. The van der Waals surface area contributed by atoms with Gasteiger partial charge < -0.3 is 5.32 Å². The fourth-order valence-corrected chi connectivity index (χ4v) is 2.96. The fraction of sp³-hybridized carbons (Fsp3) is 0.462. The molecule has 0 fully saturated rings. The molecule has 1 N–H and O–H groups in total. The van der Waals surface area contributed by atoms with E-state index in [1.807, 2.05) is 24.0 Å². The largest absolute Gasteiger partial charge is 0.309 e. The molecule has 3 nitrogen and oxygen atoms in total. The van der Waals surface area contributed by atoms with Crippen LogP contribution >= 0.6 is 22.9 Å². The Balaban J connectivity index is 1.69. The van der Waals surface area contributed by atoms with E-state index in [1.165, 1.54) is 10.4 Å². The Morgan fingerprint density at radius 1 is 1.50 bits per heavy atom. The maximum absolute atomic E-state index is 5.93. The van der Waals surface area contributed by atoms with Crippen molar-refractivity contribution in [2.45, 2.75) is 25.8 Å². The zero-order valence-electron chi connectivity index (χ0n) is 10.7. The molecule has 0 aliphatic heterocycles. The van der Waals surface area contributed by atoms with Crippen LogP contribution in [0.15, 0.2) is 24.5 Å². The number of aromatic nitrogens is 2. The smallest absolute Gasteiger partial charge is 0.0931 e. The SMILES string of the molecule is C[C@@H](NCCCc1cnn(C)c1)c1ccc(Cl)s1. The summed E-state index contributed by atoms with van der Waals surface area (Å²) < 4.78 is 2.70. The average Bonchev–Trinajstić information content (AvgIpc) is 2.93. The molecule has 0 aromatic carbocycles. The first-order valence-electron chi connectivity index (χ1n) is 6.11. The summed E-state index contributed by atoms with van der Waals surface area (Å²) in [6.45, 7) is 3.18. The summed E-state index contributed by atoms with van der Waals surface area (Å²) in [4.78, 5) is 1.29. The molecule has 2 heterocycles. The van der Waals surface area contributed by atoms with Gasteiger partial charge in [-0.3, -0.25) is 4.68 Å². The lowest BCUT2D eigenvalue weighted by Crippen LogP contribution is -2.19. The van der Waals surface area contributed by atoms with Gasteiger partial charge in [0, 0.05) is 24.2 Å². The molecule has 0 saturated carbocycles. The number of hydrogen-bond acceptors (Lipinski definition) is 3. The maximum atomic E-state index is 5.93. The first-order valence-corrected chi connectivity index (χ1v) is 7.31. The van der Waals surface area contributed by atoms with Crippen LogP contribution in [0.25, 0.3) is 0 Å². The van der Waals surface area contributed by atoms with Crippen LogP contribution in [0.5, 0.6) is 0 Å². The number of nitrogens with zero attached hydrogens (tertiary/aromatic N) is 2. The third kappa shape index (κ3) is 3.83. The first-order chi connectivity index (χ1) is 8.65. The molecule has 0 spiro atoms. The predicted octanol–water partition coefficient (Wildman–Crippen LogP) is 3.42. The Morgan fingerprint density at radius 3 is 2.94 bits per heavy atom. The fourth-order valence-electron chi connectivity index (χ4n) is 1.87. The van der Waals surface area contributed by atoms with Crippen LogP contribution < -0.4 is 5.32 Å². The van der Waals surface area contributed by atoms with Gasteiger partial charge in [0.25, 0.3) is 0 Å². The van der Waals surface area contributed by atoms with Crippen molar-refractivity contribution in [3.05, 3.63) is 39.3 Å². The van der Waals surface area contributed by atoms with Gasteiger partial charge >= 0.3 is 0 Å². The Morgan fingerprint density at radius 2 is 2.33 bits per heavy atom. The summed E-state index contributed by atoms with van der Waals surface area (Å²) in [5, 5.41) is 7.68. The van der Waals surface area contributed by atoms with E-state index < -0.39 is 0 Å². The third-order valence-corrected chi connectivity index (χ3v) is 4.29. The van der Waals surface area contributed by atoms with Gasteiger partial charge in [0.1, 0.15) is 0 Å². The number of nitrogens with one attached hydrogen (secondary N) is 1. The molecule has 98 valence electrons. The second kappa shape index (κ2) is 6.36. The van der Waals surface area contributed by atoms with Crippen LogP contribution in [-0.4, -0.2) is 16.3 Å². The number of halogens is 1. The van der Waals surface area contributed by atoms with Crippen molar-refractivity contribution in [2.24, 2.45) is 7.05 Å². The molecule has 2 rings (SSSR count). The summed E-state index contributed by atoms with van der Waals surface area (Å²) in [5.41, 5.74) is 1.30. The normalized spacial score (nSPS) is 12.8. The highest BCUT2D eigenvalue weighted by Gasteiger charge is 2.07. The zero-order chi connectivity index (χ0) is 13.0. The Kier molecular flexibility index (Phi) is 4.80. The van der Waals surface area contributed by atoms with E-state index in [-0.39, 0.29) is 0 Å². The second-order valence-electron chi connectivity index (χ2n) is 4.44. The van der Waals surface area contributed by atoms with Gasteiger partial charge in [-0.1, -0.05) is 11.6 Å². The molecule has 0 aliphatic carbocycles. The van der Waals surface area contributed by atoms with Crippen LogP contribution in [0.4, 0.5) is 0 Å². The summed E-state index contributed by atoms with van der Waals surface area (Å²) in [5.74, 6) is 0. The van der Waals surface area contributed by atoms with E-state index in [0.29, 0.717) is 6.04 Å². The molecular formula is C13H18ClN3S. The molecule has 5 heteroatoms. The van der Waals surface area contributed by atoms with Crippen LogP contribution in [-0.2, 0) is 13.5 Å². The van der Waals surface area contributed by atoms with Crippen molar-refractivity contribution in [3.63, 3.8) is 0 Å². The highest BCUT2D eigenvalue weighted by molar-refractivity contribution is 7.16. The Labute approximate surface area is 117 Å². The van der Waals surface area contributed by atoms with E-state index >= 15 is 0 Å². The van der Waals surface area contributed by atoms with Gasteiger partial charge in [0.15, 0.2) is 0 Å². The molecule has 0 aliphatic rings. The predicted molar refractivity (Wildman–Crippen MR) is 77.3 cm³/mol. The highest BCUT2D eigenvalue weighted by Crippen LogP contribution is 2.26. The second-order valence-corrected chi connectivity index (χ2v) is 6.19. The summed E-state index contributed by atoms with van der Waals surface area (Å²) in [6, 6.07) is 4.41. The van der Waals surface area contributed by atoms with Crippen molar-refractivity contribution in [1.82, 2.24) is 15.1 Å². The van der Waals surface area contributed by atoms with Gasteiger partial charge in [-0.25, -0.2) is 0 Å². The van der Waals surface area contributed by atoms with Gasteiger partial charge in [-0.2, -0.15) is 5.10 Å². The monoisotopic (exact) mass is 283 g/mol. The zero-order valence-corrected chi connectivity index (χ0v) is 12.3. The summed E-state index contributed by atoms with van der Waals surface area (Å²) in [7, 11) is 1.95. The van der Waals surface area contributed by atoms with Gasteiger partial charge in [0.05, 0.1) is 10.5 Å². The summed E-state index contributed by atoms with van der Waals surface area (Å²) in [6.07, 6.45) is 6.19. The molecule has 0 saturated heterocycles. The first kappa shape index (κ1) is 13.6. The number of thiophene rings is 1. The van der Waals surface area contributed by atoms with Crippen molar-refractivity contribution in [1.29, 1.82) is 0 Å². The van der Waals surface area contributed by atoms with Crippen LogP contribution in [0.2, 0.25) is 4.34 Å². The standard InChI is InChI=1S/C13H18ClN3S/c1-10(12-5-6-13(14)18-12)15-7-3-4-11-8-16-17(2)9-11/h5-6,8-10,15H,3-4,7H2,1-2H3/t10-/m1/s1. The van der Waals surface area contributed by atoms with Crippen molar-refractivity contribution in [2.75, 3.05) is 6.54 Å². The molecule has 0 bridgehead atoms. The lowest BCUT2D eigenvalue weighted by atomic mass is 10.2. The number of rotatable bonds is 6. The lowest BCUT2D eigenvalue weighted by molar-refractivity contribution is 0.565. The van der Waals surface area contributed by atoms with E-state index in [2.05, 4.69) is 29.6 Å². The van der Waals surface area contributed by atoms with Gasteiger partial charge in [0.2, 0.25) is 0 Å². The van der Waals surface area contributed by atoms with Gasteiger partial charge in [-0.15, -0.1) is 11.3 Å². The average molecular weight is 284 g/mol. The van der Waals surface area contributed by atoms with Crippen LogP contribution in [0.1, 0.15) is 29.8 Å². The topological polar surface area (TPSA) is 29.9 Å². The third-order valence-electron chi connectivity index (χ3n) is 2.87. The molecule has 0 unspecified atom stereocenters. The Hall–Kier alpha value is -0.840. The number of aryl methyl sites for hydroxylation is 2. The van der Waals surface area contributed by atoms with E-state index in [4.69, 9.17) is 11.6 Å². The molecule has 0 amide bonds. The molecule has 2 aromatic heterocycles. The lowest BCUT2D eigenvalue weighted by Gasteiger charge is -2.11. The molecule has 18 heavy (non-hydrogen) atoms. The van der Waals surface area contributed by atoms with E-state index in [9.17, 15) is 0 Å². The summed E-state index contributed by atoms with van der Waals surface area (Å²) >= 11 is 7.57. The molecule has 2 aromatic rings. The Bertz CT molecular complexity index is 492. The van der Waals surface area contributed by atoms with Crippen molar-refractivity contribution >= 4 is 22.9 Å². The maximum Gasteiger partial charge on any atom is 0.0931 e. The van der Waals surface area contributed by atoms with E-state index in [1.54, 1.807) is 11.3 Å². The minimum atomic E-state index is 0.372. The van der Waals surface area contributed by atoms with Crippen LogP contribution in [0.3, 0.4) is 0 Å². The van der Waals surface area contributed by atoms with Crippen LogP contribution in [0, 0.1) is 0 Å². The van der Waals surface area contributed by atoms with E-state index in [0.717, 1.165) is 23.7 Å².